The van der Waals surface area contributed by atoms with Gasteiger partial charge in [0.25, 0.3) is 0 Å². The van der Waals surface area contributed by atoms with Crippen LogP contribution in [0.2, 0.25) is 0 Å². The first-order chi connectivity index (χ1) is 14.8. The lowest BCUT2D eigenvalue weighted by molar-refractivity contribution is -0.0707. The number of anilines is 1. The number of fused-ring (bicyclic) bond motifs is 2. The van der Waals surface area contributed by atoms with E-state index in [-0.39, 0.29) is 30.7 Å². The van der Waals surface area contributed by atoms with Gasteiger partial charge in [-0.05, 0) is 19.8 Å². The molecule has 2 aromatic heterocycles. The number of hydrogen-bond acceptors (Lipinski definition) is 10. The van der Waals surface area contributed by atoms with Gasteiger partial charge in [-0.2, -0.15) is 9.97 Å². The molecule has 2 aliphatic rings. The fraction of sp³-hybridized carbons (Fsp3) is 0.722. The summed E-state index contributed by atoms with van der Waals surface area (Å²) >= 11 is 0. The zero-order chi connectivity index (χ0) is 22.2. The molecule has 0 saturated carbocycles. The predicted molar refractivity (Wildman–Crippen MR) is 108 cm³/mol. The lowest BCUT2D eigenvalue weighted by Crippen LogP contribution is -2.44. The molecule has 0 spiro atoms. The van der Waals surface area contributed by atoms with Gasteiger partial charge in [0.2, 0.25) is 11.8 Å². The van der Waals surface area contributed by atoms with Crippen molar-refractivity contribution in [3.8, 4) is 5.88 Å². The maximum Gasteiger partial charge on any atom is 0.475 e. The summed E-state index contributed by atoms with van der Waals surface area (Å²) in [4.78, 5) is 12.6. The molecule has 2 saturated heterocycles. The van der Waals surface area contributed by atoms with Gasteiger partial charge in [0, 0.05) is 0 Å². The Bertz CT molecular complexity index is 988. The highest BCUT2D eigenvalue weighted by Gasteiger charge is 2.61. The normalized spacial score (nSPS) is 33.0. The van der Waals surface area contributed by atoms with E-state index < -0.39 is 31.9 Å². The van der Waals surface area contributed by atoms with Crippen LogP contribution in [0.4, 0.5) is 10.3 Å². The Morgan fingerprint density at radius 3 is 2.90 bits per heavy atom. The zero-order valence-electron chi connectivity index (χ0n) is 17.7. The van der Waals surface area contributed by atoms with Crippen molar-refractivity contribution in [2.24, 2.45) is 0 Å². The first kappa shape index (κ1) is 22.3. The highest BCUT2D eigenvalue weighted by Crippen LogP contribution is 2.59. The fourth-order valence-electron chi connectivity index (χ4n) is 3.61. The number of unbranched alkanes of at least 4 members (excludes halogenated alkanes) is 1. The lowest BCUT2D eigenvalue weighted by Gasteiger charge is -2.33. The van der Waals surface area contributed by atoms with Gasteiger partial charge < -0.3 is 15.2 Å². The van der Waals surface area contributed by atoms with Gasteiger partial charge in [-0.3, -0.25) is 18.1 Å². The Morgan fingerprint density at radius 1 is 1.35 bits per heavy atom. The van der Waals surface area contributed by atoms with Gasteiger partial charge in [-0.15, -0.1) is 0 Å². The predicted octanol–water partition coefficient (Wildman–Crippen LogP) is 3.16. The Morgan fingerprint density at radius 2 is 2.16 bits per heavy atom. The average molecular weight is 459 g/mol. The molecular weight excluding hydrogens is 432 g/mol. The van der Waals surface area contributed by atoms with Crippen LogP contribution in [-0.4, -0.2) is 57.2 Å². The van der Waals surface area contributed by atoms with Crippen LogP contribution in [0.1, 0.15) is 46.3 Å². The molecule has 0 aliphatic carbocycles. The number of imidazole rings is 1. The Kier molecular flexibility index (Phi) is 6.19. The third-order valence-corrected chi connectivity index (χ3v) is 6.62. The van der Waals surface area contributed by atoms with Gasteiger partial charge in [0.15, 0.2) is 23.1 Å². The molecule has 0 aromatic carbocycles. The van der Waals surface area contributed by atoms with E-state index in [9.17, 15) is 4.57 Å². The number of alkyl halides is 1. The molecule has 5 atom stereocenters. The molecule has 2 aliphatic heterocycles. The number of hydrogen-bond donors (Lipinski definition) is 1. The van der Waals surface area contributed by atoms with Gasteiger partial charge in [-0.25, -0.2) is 13.9 Å². The molecule has 0 unspecified atom stereocenters. The van der Waals surface area contributed by atoms with Crippen LogP contribution < -0.4 is 10.5 Å². The molecule has 31 heavy (non-hydrogen) atoms. The van der Waals surface area contributed by atoms with Crippen molar-refractivity contribution >= 4 is 24.9 Å². The Hall–Kier alpha value is -1.85. The summed E-state index contributed by atoms with van der Waals surface area (Å²) in [6, 6.07) is 0. The molecule has 2 N–H and O–H groups in total. The molecule has 0 amide bonds. The Labute approximate surface area is 179 Å². The molecule has 2 fully saturated rings. The minimum absolute atomic E-state index is 0.0373. The molecule has 0 radical (unpaired) electrons. The third-order valence-electron chi connectivity index (χ3n) is 5.17. The van der Waals surface area contributed by atoms with E-state index in [1.54, 1.807) is 0 Å². The van der Waals surface area contributed by atoms with Crippen molar-refractivity contribution in [2.45, 2.75) is 64.1 Å². The number of nitrogens with two attached hydrogens (primary N) is 1. The SMILES string of the molecule is CCCCO[P@@]1(=O)OC[C@H]2O[C@@H](n3cnc4c(OCCC)nc(N)nc43)[C@](C)(F)[C@@H]2O1. The monoisotopic (exact) mass is 459 g/mol. The van der Waals surface area contributed by atoms with E-state index in [1.807, 2.05) is 13.8 Å². The van der Waals surface area contributed by atoms with Crippen LogP contribution in [0.3, 0.4) is 0 Å². The van der Waals surface area contributed by atoms with Crippen LogP contribution in [0, 0.1) is 0 Å². The van der Waals surface area contributed by atoms with Crippen molar-refractivity contribution in [3.63, 3.8) is 0 Å². The maximum absolute atomic E-state index is 16.0. The molecule has 172 valence electrons. The van der Waals surface area contributed by atoms with Crippen LogP contribution in [-0.2, 0) is 22.9 Å². The van der Waals surface area contributed by atoms with E-state index in [4.69, 9.17) is 28.8 Å². The maximum atomic E-state index is 16.0. The number of ether oxygens (including phenoxy) is 2. The molecule has 4 heterocycles. The Balaban J connectivity index is 1.62. The highest BCUT2D eigenvalue weighted by atomic mass is 31.2. The highest BCUT2D eigenvalue weighted by molar-refractivity contribution is 7.48. The lowest BCUT2D eigenvalue weighted by atomic mass is 9.98. The van der Waals surface area contributed by atoms with Crippen molar-refractivity contribution in [3.05, 3.63) is 6.33 Å². The average Bonchev–Trinajstić information content (AvgIpc) is 3.24. The van der Waals surface area contributed by atoms with E-state index in [0.29, 0.717) is 18.5 Å². The number of nitrogen functional groups attached to an aromatic ring is 1. The van der Waals surface area contributed by atoms with Gasteiger partial charge in [0.05, 0.1) is 26.1 Å². The van der Waals surface area contributed by atoms with Crippen molar-refractivity contribution < 1.29 is 32.0 Å². The number of nitrogens with zero attached hydrogens (tertiary/aromatic N) is 4. The summed E-state index contributed by atoms with van der Waals surface area (Å²) in [6.45, 7) is 5.73. The summed E-state index contributed by atoms with van der Waals surface area (Å²) in [5.74, 6) is 0.178. The minimum atomic E-state index is -3.88. The molecule has 11 nitrogen and oxygen atoms in total. The molecule has 2 aromatic rings. The topological polar surface area (TPSA) is 133 Å². The van der Waals surface area contributed by atoms with Crippen LogP contribution in [0.15, 0.2) is 6.33 Å². The van der Waals surface area contributed by atoms with Gasteiger partial charge in [0.1, 0.15) is 12.2 Å². The number of aromatic nitrogens is 4. The van der Waals surface area contributed by atoms with Gasteiger partial charge >= 0.3 is 7.82 Å². The second-order valence-corrected chi connectivity index (χ2v) is 9.31. The summed E-state index contributed by atoms with van der Waals surface area (Å²) in [5.41, 5.74) is 4.33. The number of rotatable bonds is 8. The van der Waals surface area contributed by atoms with E-state index in [0.717, 1.165) is 12.8 Å². The largest absolute Gasteiger partial charge is 0.476 e. The molecule has 4 rings (SSSR count). The fourth-order valence-corrected chi connectivity index (χ4v) is 5.11. The minimum Gasteiger partial charge on any atom is -0.476 e. The molecule has 0 bridgehead atoms. The second kappa shape index (κ2) is 8.59. The van der Waals surface area contributed by atoms with E-state index in [1.165, 1.54) is 17.8 Å². The summed E-state index contributed by atoms with van der Waals surface area (Å²) < 4.78 is 57.8. The third kappa shape index (κ3) is 4.14. The summed E-state index contributed by atoms with van der Waals surface area (Å²) in [6.07, 6.45) is 0.557. The van der Waals surface area contributed by atoms with Crippen LogP contribution >= 0.6 is 7.82 Å². The zero-order valence-corrected chi connectivity index (χ0v) is 18.6. The first-order valence-electron chi connectivity index (χ1n) is 10.3. The van der Waals surface area contributed by atoms with Crippen molar-refractivity contribution in [1.82, 2.24) is 19.5 Å². The summed E-state index contributed by atoms with van der Waals surface area (Å²) in [7, 11) is -3.88. The number of halogens is 1. The van der Waals surface area contributed by atoms with Crippen molar-refractivity contribution in [1.29, 1.82) is 0 Å². The van der Waals surface area contributed by atoms with Crippen LogP contribution in [0.5, 0.6) is 5.88 Å². The summed E-state index contributed by atoms with van der Waals surface area (Å²) in [5, 5.41) is 0. The quantitative estimate of drug-likeness (QED) is 0.463. The number of phosphoric acid groups is 1. The first-order valence-corrected chi connectivity index (χ1v) is 11.8. The van der Waals surface area contributed by atoms with Gasteiger partial charge in [-0.1, -0.05) is 20.3 Å². The molecular formula is C18H27FN5O6P. The van der Waals surface area contributed by atoms with E-state index in [2.05, 4.69) is 15.0 Å². The molecule has 13 heteroatoms. The standard InChI is InChI=1S/C18H27FN5O6P/c1-4-6-8-27-31(25)28-9-11-13(30-31)18(3,19)16(29-11)24-10-21-12-14(24)22-17(20)23-15(12)26-7-5-2/h10-11,13,16H,4-9H2,1-3H3,(H2,20,22,23)/t11-,13-,16-,18-,31+/m1/s1. The smallest absolute Gasteiger partial charge is 0.475 e. The van der Waals surface area contributed by atoms with Crippen molar-refractivity contribution in [2.75, 3.05) is 25.6 Å². The van der Waals surface area contributed by atoms with Crippen LogP contribution in [0.25, 0.3) is 11.2 Å². The second-order valence-electron chi connectivity index (χ2n) is 7.69. The number of phosphoric ester groups is 1. The van der Waals surface area contributed by atoms with E-state index >= 15 is 4.39 Å².